The lowest BCUT2D eigenvalue weighted by molar-refractivity contribution is 0.0512. The Morgan fingerprint density at radius 3 is 2.43 bits per heavy atom. The first kappa shape index (κ1) is 16.4. The standard InChI is InChI=1S/C14H17N5O4/c1-4-22-13(20)9-8-15-19(3)12(9)16-11-7-6-10(17-18-11)14(21)23-5-2/h6-8H,4-5H2,1-3H3,(H,16,18). The van der Waals surface area contributed by atoms with Gasteiger partial charge >= 0.3 is 11.9 Å². The van der Waals surface area contributed by atoms with Crippen LogP contribution >= 0.6 is 0 Å². The van der Waals surface area contributed by atoms with Crippen molar-refractivity contribution in [3.8, 4) is 0 Å². The van der Waals surface area contributed by atoms with Crippen LogP contribution in [0.3, 0.4) is 0 Å². The summed E-state index contributed by atoms with van der Waals surface area (Å²) >= 11 is 0. The van der Waals surface area contributed by atoms with Gasteiger partial charge < -0.3 is 14.8 Å². The fourth-order valence-electron chi connectivity index (χ4n) is 1.78. The molecule has 0 aliphatic carbocycles. The molecule has 1 N–H and O–H groups in total. The molecule has 0 saturated heterocycles. The third kappa shape index (κ3) is 3.82. The van der Waals surface area contributed by atoms with Crippen molar-refractivity contribution < 1.29 is 19.1 Å². The molecule has 0 atom stereocenters. The van der Waals surface area contributed by atoms with Crippen LogP contribution in [-0.2, 0) is 16.5 Å². The van der Waals surface area contributed by atoms with Crippen molar-refractivity contribution in [3.05, 3.63) is 29.6 Å². The second-order valence-electron chi connectivity index (χ2n) is 4.40. The first-order valence-corrected chi connectivity index (χ1v) is 7.03. The summed E-state index contributed by atoms with van der Waals surface area (Å²) in [6.07, 6.45) is 1.40. The molecule has 0 aromatic carbocycles. The Balaban J connectivity index is 2.18. The summed E-state index contributed by atoms with van der Waals surface area (Å²) in [6, 6.07) is 3.04. The first-order valence-electron chi connectivity index (χ1n) is 7.03. The van der Waals surface area contributed by atoms with Gasteiger partial charge in [0.2, 0.25) is 0 Å². The number of hydrogen-bond acceptors (Lipinski definition) is 8. The molecular weight excluding hydrogens is 302 g/mol. The molecule has 0 unspecified atom stereocenters. The zero-order valence-electron chi connectivity index (χ0n) is 13.1. The lowest BCUT2D eigenvalue weighted by Crippen LogP contribution is -2.11. The van der Waals surface area contributed by atoms with Gasteiger partial charge in [-0.2, -0.15) is 5.10 Å². The van der Waals surface area contributed by atoms with Gasteiger partial charge in [0.25, 0.3) is 0 Å². The summed E-state index contributed by atoms with van der Waals surface area (Å²) in [4.78, 5) is 23.4. The third-order valence-electron chi connectivity index (χ3n) is 2.83. The van der Waals surface area contributed by atoms with Crippen LogP contribution in [0.2, 0.25) is 0 Å². The molecule has 2 rings (SSSR count). The number of aromatic nitrogens is 4. The summed E-state index contributed by atoms with van der Waals surface area (Å²) in [5, 5.41) is 14.6. The van der Waals surface area contributed by atoms with Crippen molar-refractivity contribution in [2.75, 3.05) is 18.5 Å². The number of aryl methyl sites for hydroxylation is 1. The van der Waals surface area contributed by atoms with Crippen LogP contribution in [0.4, 0.5) is 11.6 Å². The summed E-state index contributed by atoms with van der Waals surface area (Å²) < 4.78 is 11.3. The van der Waals surface area contributed by atoms with Crippen molar-refractivity contribution in [1.29, 1.82) is 0 Å². The molecule has 0 saturated carbocycles. The van der Waals surface area contributed by atoms with E-state index in [0.29, 0.717) is 11.6 Å². The molecule has 9 nitrogen and oxygen atoms in total. The van der Waals surface area contributed by atoms with E-state index in [9.17, 15) is 9.59 Å². The summed E-state index contributed by atoms with van der Waals surface area (Å²) in [5.41, 5.74) is 0.388. The number of esters is 2. The molecule has 9 heteroatoms. The van der Waals surface area contributed by atoms with Crippen molar-refractivity contribution >= 4 is 23.6 Å². The Morgan fingerprint density at radius 2 is 1.83 bits per heavy atom. The fraction of sp³-hybridized carbons (Fsp3) is 0.357. The Bertz CT molecular complexity index is 696. The van der Waals surface area contributed by atoms with E-state index in [-0.39, 0.29) is 24.5 Å². The van der Waals surface area contributed by atoms with Gasteiger partial charge in [0.15, 0.2) is 11.5 Å². The van der Waals surface area contributed by atoms with E-state index >= 15 is 0 Å². The SMILES string of the molecule is CCOC(=O)c1ccc(Nc2c(C(=O)OCC)cnn2C)nn1. The molecule has 2 heterocycles. The zero-order valence-corrected chi connectivity index (χ0v) is 13.1. The van der Waals surface area contributed by atoms with Crippen LogP contribution in [0.25, 0.3) is 0 Å². The predicted octanol–water partition coefficient (Wildman–Crippen LogP) is 1.31. The van der Waals surface area contributed by atoms with Gasteiger partial charge in [-0.15, -0.1) is 10.2 Å². The quantitative estimate of drug-likeness (QED) is 0.794. The molecule has 0 spiro atoms. The Morgan fingerprint density at radius 1 is 1.13 bits per heavy atom. The lowest BCUT2D eigenvalue weighted by atomic mass is 10.3. The smallest absolute Gasteiger partial charge is 0.358 e. The summed E-state index contributed by atoms with van der Waals surface area (Å²) in [7, 11) is 1.67. The van der Waals surface area contributed by atoms with Crippen LogP contribution in [-0.4, -0.2) is 45.1 Å². The van der Waals surface area contributed by atoms with Crippen molar-refractivity contribution in [2.45, 2.75) is 13.8 Å². The van der Waals surface area contributed by atoms with Crippen LogP contribution in [0.15, 0.2) is 18.3 Å². The molecule has 0 fully saturated rings. The number of nitrogens with one attached hydrogen (secondary N) is 1. The molecule has 0 amide bonds. The van der Waals surface area contributed by atoms with Crippen LogP contribution < -0.4 is 5.32 Å². The number of anilines is 2. The Labute approximate surface area is 132 Å². The van der Waals surface area contributed by atoms with Crippen LogP contribution in [0.1, 0.15) is 34.7 Å². The molecule has 2 aromatic heterocycles. The van der Waals surface area contributed by atoms with E-state index in [1.165, 1.54) is 16.9 Å². The molecular formula is C14H17N5O4. The number of carbonyl (C=O) groups is 2. The van der Waals surface area contributed by atoms with Gasteiger partial charge in [-0.1, -0.05) is 0 Å². The molecule has 0 aliphatic rings. The molecule has 0 bridgehead atoms. The average Bonchev–Trinajstić information content (AvgIpc) is 2.90. The third-order valence-corrected chi connectivity index (χ3v) is 2.83. The number of nitrogens with zero attached hydrogens (tertiary/aromatic N) is 4. The zero-order chi connectivity index (χ0) is 16.8. The van der Waals surface area contributed by atoms with Gasteiger partial charge in [-0.25, -0.2) is 9.59 Å². The highest BCUT2D eigenvalue weighted by atomic mass is 16.5. The van der Waals surface area contributed by atoms with Crippen molar-refractivity contribution in [1.82, 2.24) is 20.0 Å². The average molecular weight is 319 g/mol. The maximum absolute atomic E-state index is 11.9. The molecule has 23 heavy (non-hydrogen) atoms. The minimum absolute atomic E-state index is 0.105. The summed E-state index contributed by atoms with van der Waals surface area (Å²) in [5.74, 6) is -0.257. The normalized spacial score (nSPS) is 10.2. The molecule has 2 aromatic rings. The highest BCUT2D eigenvalue weighted by Gasteiger charge is 2.18. The van der Waals surface area contributed by atoms with Gasteiger partial charge in [-0.05, 0) is 26.0 Å². The number of ether oxygens (including phenoxy) is 2. The van der Waals surface area contributed by atoms with E-state index in [4.69, 9.17) is 9.47 Å². The van der Waals surface area contributed by atoms with E-state index in [1.54, 1.807) is 27.0 Å². The van der Waals surface area contributed by atoms with Gasteiger partial charge in [0.05, 0.1) is 19.4 Å². The minimum Gasteiger partial charge on any atom is -0.462 e. The number of carbonyl (C=O) groups excluding carboxylic acids is 2. The summed E-state index contributed by atoms with van der Waals surface area (Å²) in [6.45, 7) is 3.96. The number of rotatable bonds is 6. The highest BCUT2D eigenvalue weighted by Crippen LogP contribution is 2.19. The molecule has 0 aliphatic heterocycles. The topological polar surface area (TPSA) is 108 Å². The van der Waals surface area contributed by atoms with Crippen LogP contribution in [0.5, 0.6) is 0 Å². The maximum atomic E-state index is 11.9. The fourth-order valence-corrected chi connectivity index (χ4v) is 1.78. The number of hydrogen-bond donors (Lipinski definition) is 1. The van der Waals surface area contributed by atoms with Crippen LogP contribution in [0, 0.1) is 0 Å². The largest absolute Gasteiger partial charge is 0.462 e. The first-order chi connectivity index (χ1) is 11.1. The maximum Gasteiger partial charge on any atom is 0.358 e. The van der Waals surface area contributed by atoms with Gasteiger partial charge in [0.1, 0.15) is 11.4 Å². The predicted molar refractivity (Wildman–Crippen MR) is 80.4 cm³/mol. The molecule has 0 radical (unpaired) electrons. The second kappa shape index (κ2) is 7.34. The highest BCUT2D eigenvalue weighted by molar-refractivity contribution is 5.95. The molecule has 122 valence electrons. The Hall–Kier alpha value is -2.97. The second-order valence-corrected chi connectivity index (χ2v) is 4.40. The van der Waals surface area contributed by atoms with Gasteiger partial charge in [-0.3, -0.25) is 4.68 Å². The van der Waals surface area contributed by atoms with Crippen molar-refractivity contribution in [2.24, 2.45) is 7.05 Å². The lowest BCUT2D eigenvalue weighted by Gasteiger charge is -2.08. The van der Waals surface area contributed by atoms with E-state index < -0.39 is 11.9 Å². The monoisotopic (exact) mass is 319 g/mol. The van der Waals surface area contributed by atoms with Gasteiger partial charge in [0, 0.05) is 7.05 Å². The van der Waals surface area contributed by atoms with E-state index in [2.05, 4.69) is 20.6 Å². The van der Waals surface area contributed by atoms with Crippen molar-refractivity contribution in [3.63, 3.8) is 0 Å². The Kier molecular flexibility index (Phi) is 5.23. The van der Waals surface area contributed by atoms with E-state index in [0.717, 1.165) is 0 Å². The van der Waals surface area contributed by atoms with E-state index in [1.807, 2.05) is 0 Å². The minimum atomic E-state index is -0.542.